The molecule has 0 saturated heterocycles. The summed E-state index contributed by atoms with van der Waals surface area (Å²) < 4.78 is 16.0. The van der Waals surface area contributed by atoms with Crippen LogP contribution < -0.4 is 0 Å². The van der Waals surface area contributed by atoms with E-state index in [-0.39, 0.29) is 5.82 Å². The van der Waals surface area contributed by atoms with Gasteiger partial charge in [-0.1, -0.05) is 33.8 Å². The van der Waals surface area contributed by atoms with E-state index in [1.54, 1.807) is 29.0 Å². The molecule has 0 bridgehead atoms. The van der Waals surface area contributed by atoms with E-state index in [2.05, 4.69) is 31.0 Å². The molecule has 2 aromatic heterocycles. The first-order chi connectivity index (χ1) is 9.22. The maximum atomic E-state index is 13.7. The van der Waals surface area contributed by atoms with Crippen LogP contribution in [-0.4, -0.2) is 19.6 Å². The van der Waals surface area contributed by atoms with Gasteiger partial charge in [0.2, 0.25) is 5.16 Å². The highest BCUT2D eigenvalue weighted by Crippen LogP contribution is 2.23. The van der Waals surface area contributed by atoms with Gasteiger partial charge in [-0.2, -0.15) is 4.98 Å². The normalized spacial score (nSPS) is 11.1. The second-order valence-electron chi connectivity index (χ2n) is 3.78. The number of aromatic nitrogens is 4. The number of halogens is 2. The van der Waals surface area contributed by atoms with E-state index in [0.29, 0.717) is 22.3 Å². The van der Waals surface area contributed by atoms with Gasteiger partial charge < -0.3 is 0 Å². The minimum absolute atomic E-state index is 0.233. The molecule has 1 aromatic carbocycles. The fourth-order valence-corrected chi connectivity index (χ4v) is 2.70. The van der Waals surface area contributed by atoms with E-state index in [1.807, 2.05) is 6.07 Å². The molecule has 0 fully saturated rings. The van der Waals surface area contributed by atoms with Gasteiger partial charge in [-0.3, -0.25) is 0 Å². The molecular formula is C12H8BrFN4S. The molecule has 4 nitrogen and oxygen atoms in total. The Morgan fingerprint density at radius 1 is 1.37 bits per heavy atom. The van der Waals surface area contributed by atoms with Crippen LogP contribution in [0.4, 0.5) is 4.39 Å². The van der Waals surface area contributed by atoms with Crippen LogP contribution in [0.3, 0.4) is 0 Å². The summed E-state index contributed by atoms with van der Waals surface area (Å²) in [4.78, 5) is 8.33. The second kappa shape index (κ2) is 5.26. The van der Waals surface area contributed by atoms with Crippen molar-refractivity contribution in [3.05, 3.63) is 52.5 Å². The molecule has 0 aliphatic carbocycles. The summed E-state index contributed by atoms with van der Waals surface area (Å²) in [6.07, 6.45) is 3.44. The summed E-state index contributed by atoms with van der Waals surface area (Å²) in [6.45, 7) is 0. The number of nitrogens with zero attached hydrogens (tertiary/aromatic N) is 4. The molecule has 3 aromatic rings. The van der Waals surface area contributed by atoms with E-state index in [9.17, 15) is 4.39 Å². The molecule has 0 N–H and O–H groups in total. The van der Waals surface area contributed by atoms with Gasteiger partial charge in [0.25, 0.3) is 5.78 Å². The van der Waals surface area contributed by atoms with E-state index in [0.717, 1.165) is 4.47 Å². The second-order valence-corrected chi connectivity index (χ2v) is 5.64. The van der Waals surface area contributed by atoms with Gasteiger partial charge in [0.05, 0.1) is 0 Å². The fourth-order valence-electron chi connectivity index (χ4n) is 1.56. The van der Waals surface area contributed by atoms with Crippen LogP contribution in [0, 0.1) is 5.82 Å². The van der Waals surface area contributed by atoms with E-state index in [1.165, 1.54) is 17.8 Å². The first kappa shape index (κ1) is 12.6. The zero-order valence-electron chi connectivity index (χ0n) is 9.62. The number of thioether (sulfide) groups is 1. The van der Waals surface area contributed by atoms with Gasteiger partial charge >= 0.3 is 0 Å². The molecule has 0 spiro atoms. The topological polar surface area (TPSA) is 43.1 Å². The third kappa shape index (κ3) is 2.76. The zero-order valence-corrected chi connectivity index (χ0v) is 12.0. The lowest BCUT2D eigenvalue weighted by molar-refractivity contribution is 0.616. The first-order valence-corrected chi connectivity index (χ1v) is 7.24. The molecule has 7 heteroatoms. The Morgan fingerprint density at radius 3 is 3.05 bits per heavy atom. The lowest BCUT2D eigenvalue weighted by atomic mass is 10.2. The summed E-state index contributed by atoms with van der Waals surface area (Å²) in [5.41, 5.74) is 0.625. The Bertz CT molecular complexity index is 698. The van der Waals surface area contributed by atoms with Crippen LogP contribution in [0.15, 0.2) is 46.3 Å². The maximum Gasteiger partial charge on any atom is 0.253 e. The number of hydrogen-bond acceptors (Lipinski definition) is 4. The Balaban J connectivity index is 1.78. The van der Waals surface area contributed by atoms with Crippen LogP contribution in [0.5, 0.6) is 0 Å². The monoisotopic (exact) mass is 338 g/mol. The highest BCUT2D eigenvalue weighted by Gasteiger charge is 2.08. The summed E-state index contributed by atoms with van der Waals surface area (Å²) in [5.74, 6) is 0.792. The predicted molar refractivity (Wildman–Crippen MR) is 74.4 cm³/mol. The Hall–Kier alpha value is -1.47. The van der Waals surface area contributed by atoms with Gasteiger partial charge in [-0.25, -0.2) is 13.9 Å². The van der Waals surface area contributed by atoms with Gasteiger partial charge in [0.1, 0.15) is 5.82 Å². The van der Waals surface area contributed by atoms with Crippen molar-refractivity contribution in [1.82, 2.24) is 19.6 Å². The van der Waals surface area contributed by atoms with Crippen molar-refractivity contribution in [2.45, 2.75) is 10.9 Å². The average molecular weight is 339 g/mol. The summed E-state index contributed by atoms with van der Waals surface area (Å²) in [6, 6.07) is 6.80. The summed E-state index contributed by atoms with van der Waals surface area (Å²) in [7, 11) is 0. The molecule has 19 heavy (non-hydrogen) atoms. The zero-order chi connectivity index (χ0) is 13.2. The smallest absolute Gasteiger partial charge is 0.220 e. The lowest BCUT2D eigenvalue weighted by Gasteiger charge is -2.01. The van der Waals surface area contributed by atoms with E-state index < -0.39 is 0 Å². The van der Waals surface area contributed by atoms with Crippen molar-refractivity contribution in [1.29, 1.82) is 0 Å². The molecule has 0 unspecified atom stereocenters. The highest BCUT2D eigenvalue weighted by molar-refractivity contribution is 9.10. The molecule has 0 aliphatic rings. The van der Waals surface area contributed by atoms with Crippen molar-refractivity contribution in [3.8, 4) is 0 Å². The van der Waals surface area contributed by atoms with Crippen molar-refractivity contribution in [3.63, 3.8) is 0 Å². The standard InChI is InChI=1S/C12H8BrFN4S/c13-9-3-2-8(10(14)6-9)7-19-12-16-11-15-4-1-5-18(11)17-12/h1-6H,7H2. The minimum atomic E-state index is -0.233. The third-order valence-electron chi connectivity index (χ3n) is 2.47. The van der Waals surface area contributed by atoms with Crippen molar-refractivity contribution < 1.29 is 4.39 Å². The van der Waals surface area contributed by atoms with Crippen LogP contribution in [-0.2, 0) is 5.75 Å². The highest BCUT2D eigenvalue weighted by atomic mass is 79.9. The van der Waals surface area contributed by atoms with Crippen molar-refractivity contribution in [2.75, 3.05) is 0 Å². The van der Waals surface area contributed by atoms with Crippen molar-refractivity contribution in [2.24, 2.45) is 0 Å². The third-order valence-corrected chi connectivity index (χ3v) is 3.85. The maximum absolute atomic E-state index is 13.7. The lowest BCUT2D eigenvalue weighted by Crippen LogP contribution is -1.88. The number of fused-ring (bicyclic) bond motifs is 1. The molecule has 0 radical (unpaired) electrons. The van der Waals surface area contributed by atoms with Crippen LogP contribution in [0.2, 0.25) is 0 Å². The quantitative estimate of drug-likeness (QED) is 0.687. The molecule has 0 atom stereocenters. The molecule has 96 valence electrons. The Labute approximate surface area is 121 Å². The fraction of sp³-hybridized carbons (Fsp3) is 0.0833. The van der Waals surface area contributed by atoms with Gasteiger partial charge in [0, 0.05) is 22.6 Å². The van der Waals surface area contributed by atoms with Crippen molar-refractivity contribution >= 4 is 33.5 Å². The molecule has 0 saturated carbocycles. The minimum Gasteiger partial charge on any atom is -0.220 e. The van der Waals surface area contributed by atoms with E-state index in [4.69, 9.17) is 0 Å². The summed E-state index contributed by atoms with van der Waals surface area (Å²) in [5, 5.41) is 4.83. The van der Waals surface area contributed by atoms with Crippen LogP contribution in [0.1, 0.15) is 5.56 Å². The molecular weight excluding hydrogens is 331 g/mol. The summed E-state index contributed by atoms with van der Waals surface area (Å²) >= 11 is 4.61. The Morgan fingerprint density at radius 2 is 2.26 bits per heavy atom. The van der Waals surface area contributed by atoms with Crippen LogP contribution in [0.25, 0.3) is 5.78 Å². The van der Waals surface area contributed by atoms with E-state index >= 15 is 0 Å². The van der Waals surface area contributed by atoms with Gasteiger partial charge in [-0.05, 0) is 23.8 Å². The predicted octanol–water partition coefficient (Wildman–Crippen LogP) is 3.32. The Kier molecular flexibility index (Phi) is 3.48. The first-order valence-electron chi connectivity index (χ1n) is 5.46. The number of hydrogen-bond donors (Lipinski definition) is 0. The molecule has 3 rings (SSSR count). The van der Waals surface area contributed by atoms with Gasteiger partial charge in [0.15, 0.2) is 0 Å². The SMILES string of the molecule is Fc1cc(Br)ccc1CSc1nc2ncccn2n1. The largest absolute Gasteiger partial charge is 0.253 e. The molecule has 0 amide bonds. The van der Waals surface area contributed by atoms with Gasteiger partial charge in [-0.15, -0.1) is 5.10 Å². The molecule has 0 aliphatic heterocycles. The van der Waals surface area contributed by atoms with Crippen LogP contribution >= 0.6 is 27.7 Å². The number of rotatable bonds is 3. The number of benzene rings is 1. The molecule has 2 heterocycles. The average Bonchev–Trinajstić information content (AvgIpc) is 2.80.